The summed E-state index contributed by atoms with van der Waals surface area (Å²) < 4.78 is 0. The fourth-order valence-electron chi connectivity index (χ4n) is 1.59. The second-order valence-electron chi connectivity index (χ2n) is 3.87. The van der Waals surface area contributed by atoms with Crippen molar-refractivity contribution in [2.24, 2.45) is 0 Å². The van der Waals surface area contributed by atoms with Gasteiger partial charge in [0.05, 0.1) is 24.7 Å². The number of aliphatic hydroxyl groups is 1. The quantitative estimate of drug-likeness (QED) is 0.865. The van der Waals surface area contributed by atoms with Crippen LogP contribution in [0, 0.1) is 0 Å². The Bertz CT molecular complexity index is 473. The number of anilines is 1. The first-order chi connectivity index (χ1) is 8.29. The highest BCUT2D eigenvalue weighted by Gasteiger charge is 2.04. The molecule has 17 heavy (non-hydrogen) atoms. The van der Waals surface area contributed by atoms with Crippen LogP contribution < -0.4 is 4.90 Å². The first-order valence-corrected chi connectivity index (χ1v) is 5.46. The molecule has 0 atom stereocenters. The van der Waals surface area contributed by atoms with Crippen molar-refractivity contribution in [1.82, 2.24) is 9.97 Å². The van der Waals surface area contributed by atoms with Gasteiger partial charge in [-0.05, 0) is 5.56 Å². The lowest BCUT2D eigenvalue weighted by atomic mass is 10.2. The van der Waals surface area contributed by atoms with E-state index in [4.69, 9.17) is 5.11 Å². The van der Waals surface area contributed by atoms with Gasteiger partial charge in [-0.25, -0.2) is 4.98 Å². The van der Waals surface area contributed by atoms with E-state index in [1.807, 2.05) is 30.1 Å². The largest absolute Gasteiger partial charge is 0.390 e. The van der Waals surface area contributed by atoms with E-state index in [0.29, 0.717) is 5.69 Å². The molecular weight excluding hydrogens is 214 g/mol. The normalized spacial score (nSPS) is 10.2. The third-order valence-corrected chi connectivity index (χ3v) is 2.49. The highest BCUT2D eigenvalue weighted by molar-refractivity contribution is 5.36. The van der Waals surface area contributed by atoms with E-state index in [9.17, 15) is 0 Å². The molecule has 0 aliphatic heterocycles. The van der Waals surface area contributed by atoms with Gasteiger partial charge in [0.2, 0.25) is 0 Å². The lowest BCUT2D eigenvalue weighted by Crippen LogP contribution is -2.18. The SMILES string of the molecule is CN(Cc1ccccc1)c1cncc(CO)n1. The highest BCUT2D eigenvalue weighted by atomic mass is 16.3. The van der Waals surface area contributed by atoms with Crippen LogP contribution in [0.25, 0.3) is 0 Å². The molecule has 0 unspecified atom stereocenters. The summed E-state index contributed by atoms with van der Waals surface area (Å²) in [5.74, 6) is 0.764. The van der Waals surface area contributed by atoms with E-state index in [0.717, 1.165) is 12.4 Å². The van der Waals surface area contributed by atoms with E-state index in [1.54, 1.807) is 12.4 Å². The van der Waals surface area contributed by atoms with Gasteiger partial charge in [-0.15, -0.1) is 0 Å². The van der Waals surface area contributed by atoms with Crippen molar-refractivity contribution in [1.29, 1.82) is 0 Å². The smallest absolute Gasteiger partial charge is 0.147 e. The maximum Gasteiger partial charge on any atom is 0.147 e. The molecular formula is C13H15N3O. The maximum atomic E-state index is 9.01. The monoisotopic (exact) mass is 229 g/mol. The zero-order valence-electron chi connectivity index (χ0n) is 9.74. The Morgan fingerprint density at radius 1 is 1.18 bits per heavy atom. The summed E-state index contributed by atoms with van der Waals surface area (Å²) in [6, 6.07) is 10.2. The molecule has 0 fully saturated rings. The molecule has 0 saturated heterocycles. The molecule has 1 heterocycles. The predicted octanol–water partition coefficient (Wildman–Crippen LogP) is 1.61. The minimum atomic E-state index is -0.0833. The lowest BCUT2D eigenvalue weighted by Gasteiger charge is -2.18. The van der Waals surface area contributed by atoms with Gasteiger partial charge in [-0.3, -0.25) is 4.98 Å². The molecule has 0 amide bonds. The first kappa shape index (κ1) is 11.5. The van der Waals surface area contributed by atoms with Crippen LogP contribution in [0.4, 0.5) is 5.82 Å². The van der Waals surface area contributed by atoms with Gasteiger partial charge in [-0.2, -0.15) is 0 Å². The van der Waals surface area contributed by atoms with Gasteiger partial charge in [0.25, 0.3) is 0 Å². The zero-order chi connectivity index (χ0) is 12.1. The van der Waals surface area contributed by atoms with Crippen molar-refractivity contribution in [2.75, 3.05) is 11.9 Å². The first-order valence-electron chi connectivity index (χ1n) is 5.46. The summed E-state index contributed by atoms with van der Waals surface area (Å²) in [6.07, 6.45) is 3.27. The van der Waals surface area contributed by atoms with Crippen molar-refractivity contribution in [3.8, 4) is 0 Å². The van der Waals surface area contributed by atoms with Gasteiger partial charge in [0, 0.05) is 13.6 Å². The maximum absolute atomic E-state index is 9.01. The highest BCUT2D eigenvalue weighted by Crippen LogP contribution is 2.11. The summed E-state index contributed by atoms with van der Waals surface area (Å²) in [7, 11) is 1.96. The Morgan fingerprint density at radius 2 is 1.94 bits per heavy atom. The molecule has 1 aromatic heterocycles. The minimum absolute atomic E-state index is 0.0833. The van der Waals surface area contributed by atoms with Gasteiger partial charge in [0.1, 0.15) is 5.82 Å². The van der Waals surface area contributed by atoms with E-state index in [2.05, 4.69) is 22.1 Å². The van der Waals surface area contributed by atoms with E-state index in [1.165, 1.54) is 5.56 Å². The molecule has 0 saturated carbocycles. The van der Waals surface area contributed by atoms with Crippen LogP contribution in [0.1, 0.15) is 11.3 Å². The molecule has 0 aliphatic rings. The van der Waals surface area contributed by atoms with Crippen LogP contribution in [0.3, 0.4) is 0 Å². The molecule has 4 nitrogen and oxygen atoms in total. The standard InChI is InChI=1S/C13H15N3O/c1-16(9-11-5-3-2-4-6-11)13-8-14-7-12(10-17)15-13/h2-8,17H,9-10H2,1H3. The van der Waals surface area contributed by atoms with Crippen LogP contribution in [0.5, 0.6) is 0 Å². The van der Waals surface area contributed by atoms with Crippen LogP contribution in [-0.4, -0.2) is 22.1 Å². The molecule has 0 spiro atoms. The van der Waals surface area contributed by atoms with E-state index in [-0.39, 0.29) is 6.61 Å². The Kier molecular flexibility index (Phi) is 3.67. The Balaban J connectivity index is 2.11. The topological polar surface area (TPSA) is 49.2 Å². The van der Waals surface area contributed by atoms with Crippen LogP contribution in [-0.2, 0) is 13.2 Å². The zero-order valence-corrected chi connectivity index (χ0v) is 9.74. The van der Waals surface area contributed by atoms with E-state index < -0.39 is 0 Å². The predicted molar refractivity (Wildman–Crippen MR) is 66.5 cm³/mol. The van der Waals surface area contributed by atoms with Gasteiger partial charge in [0.15, 0.2) is 0 Å². The van der Waals surface area contributed by atoms with Gasteiger partial charge < -0.3 is 10.0 Å². The molecule has 0 aliphatic carbocycles. The third-order valence-electron chi connectivity index (χ3n) is 2.49. The van der Waals surface area contributed by atoms with E-state index >= 15 is 0 Å². The number of hydrogen-bond acceptors (Lipinski definition) is 4. The molecule has 4 heteroatoms. The van der Waals surface area contributed by atoms with Crippen LogP contribution >= 0.6 is 0 Å². The fourth-order valence-corrected chi connectivity index (χ4v) is 1.59. The fraction of sp³-hybridized carbons (Fsp3) is 0.231. The Hall–Kier alpha value is -1.94. The Morgan fingerprint density at radius 3 is 2.65 bits per heavy atom. The summed E-state index contributed by atoms with van der Waals surface area (Å²) >= 11 is 0. The minimum Gasteiger partial charge on any atom is -0.390 e. The second-order valence-corrected chi connectivity index (χ2v) is 3.87. The Labute approximate surface area is 101 Å². The molecule has 2 rings (SSSR count). The summed E-state index contributed by atoms with van der Waals surface area (Å²) in [5.41, 5.74) is 1.80. The summed E-state index contributed by atoms with van der Waals surface area (Å²) in [6.45, 7) is 0.685. The van der Waals surface area contributed by atoms with Crippen LogP contribution in [0.15, 0.2) is 42.7 Å². The number of nitrogens with zero attached hydrogens (tertiary/aromatic N) is 3. The second kappa shape index (κ2) is 5.41. The number of aromatic nitrogens is 2. The molecule has 0 radical (unpaired) electrons. The number of aliphatic hydroxyl groups excluding tert-OH is 1. The third kappa shape index (κ3) is 3.01. The van der Waals surface area contributed by atoms with Crippen molar-refractivity contribution in [3.63, 3.8) is 0 Å². The molecule has 2 aromatic rings. The number of hydrogen-bond donors (Lipinski definition) is 1. The van der Waals surface area contributed by atoms with Gasteiger partial charge >= 0.3 is 0 Å². The summed E-state index contributed by atoms with van der Waals surface area (Å²) in [5, 5.41) is 9.01. The number of rotatable bonds is 4. The average Bonchev–Trinajstić information content (AvgIpc) is 2.40. The molecule has 1 aromatic carbocycles. The van der Waals surface area contributed by atoms with Crippen molar-refractivity contribution >= 4 is 5.82 Å². The van der Waals surface area contributed by atoms with Crippen molar-refractivity contribution < 1.29 is 5.11 Å². The van der Waals surface area contributed by atoms with Crippen LogP contribution in [0.2, 0.25) is 0 Å². The summed E-state index contributed by atoms with van der Waals surface area (Å²) in [4.78, 5) is 10.4. The number of benzene rings is 1. The average molecular weight is 229 g/mol. The van der Waals surface area contributed by atoms with Crippen molar-refractivity contribution in [2.45, 2.75) is 13.2 Å². The molecule has 0 bridgehead atoms. The lowest BCUT2D eigenvalue weighted by molar-refractivity contribution is 0.276. The molecule has 88 valence electrons. The van der Waals surface area contributed by atoms with Crippen molar-refractivity contribution in [3.05, 3.63) is 54.0 Å². The van der Waals surface area contributed by atoms with Gasteiger partial charge in [-0.1, -0.05) is 30.3 Å². The molecule has 1 N–H and O–H groups in total.